The van der Waals surface area contributed by atoms with Crippen LogP contribution in [0.15, 0.2) is 24.3 Å². The summed E-state index contributed by atoms with van der Waals surface area (Å²) < 4.78 is 12.6. The summed E-state index contributed by atoms with van der Waals surface area (Å²) in [4.78, 5) is 10.8. The molecule has 0 aliphatic carbocycles. The molecule has 64 valence electrons. The zero-order valence-electron chi connectivity index (χ0n) is 6.55. The van der Waals surface area contributed by atoms with Crippen LogP contribution in [0.5, 0.6) is 0 Å². The zero-order chi connectivity index (χ0) is 9.14. The Bertz CT molecular complexity index is 298. The quantitative estimate of drug-likeness (QED) is 0.649. The summed E-state index contributed by atoms with van der Waals surface area (Å²) in [5, 5.41) is -0.735. The van der Waals surface area contributed by atoms with Crippen molar-refractivity contribution in [2.45, 2.75) is 12.3 Å². The smallest absolute Gasteiger partial charge is 0.152 e. The molecule has 0 N–H and O–H groups in total. The molecular weight excluding hydrogens is 179 g/mol. The largest absolute Gasteiger partial charge is 0.298 e. The highest BCUT2D eigenvalue weighted by atomic mass is 35.5. The van der Waals surface area contributed by atoms with Crippen molar-refractivity contribution in [1.82, 2.24) is 0 Å². The van der Waals surface area contributed by atoms with E-state index in [-0.39, 0.29) is 11.6 Å². The first-order chi connectivity index (χ1) is 5.61. The van der Waals surface area contributed by atoms with Gasteiger partial charge in [0, 0.05) is 0 Å². The number of carbonyl (C=O) groups is 1. The van der Waals surface area contributed by atoms with Crippen LogP contribution >= 0.6 is 11.6 Å². The van der Waals surface area contributed by atoms with Crippen molar-refractivity contribution in [3.05, 3.63) is 35.6 Å². The third-order valence-electron chi connectivity index (χ3n) is 1.50. The Balaban J connectivity index is 2.95. The van der Waals surface area contributed by atoms with E-state index in [1.54, 1.807) is 6.07 Å². The summed E-state index contributed by atoms with van der Waals surface area (Å²) >= 11 is 5.70. The lowest BCUT2D eigenvalue weighted by Gasteiger charge is -2.04. The topological polar surface area (TPSA) is 17.1 Å². The van der Waals surface area contributed by atoms with Gasteiger partial charge in [0.15, 0.2) is 5.78 Å². The monoisotopic (exact) mass is 186 g/mol. The third-order valence-corrected chi connectivity index (χ3v) is 2.06. The maximum atomic E-state index is 12.6. The molecule has 0 spiro atoms. The van der Waals surface area contributed by atoms with Crippen LogP contribution in [0.1, 0.15) is 17.9 Å². The van der Waals surface area contributed by atoms with Gasteiger partial charge in [-0.25, -0.2) is 4.39 Å². The van der Waals surface area contributed by atoms with E-state index in [1.165, 1.54) is 25.1 Å². The first-order valence-electron chi connectivity index (χ1n) is 3.51. The molecule has 0 saturated carbocycles. The molecule has 0 aromatic heterocycles. The van der Waals surface area contributed by atoms with Gasteiger partial charge in [0.05, 0.1) is 0 Å². The number of alkyl halides is 1. The number of hydrogen-bond acceptors (Lipinski definition) is 1. The molecule has 12 heavy (non-hydrogen) atoms. The molecule has 1 aromatic rings. The van der Waals surface area contributed by atoms with Crippen molar-refractivity contribution in [3.8, 4) is 0 Å². The van der Waals surface area contributed by atoms with E-state index in [0.29, 0.717) is 5.56 Å². The molecule has 0 saturated heterocycles. The minimum atomic E-state index is -0.735. The predicted octanol–water partition coefficient (Wildman–Crippen LogP) is 2.69. The summed E-state index contributed by atoms with van der Waals surface area (Å²) in [6.45, 7) is 1.38. The van der Waals surface area contributed by atoms with Gasteiger partial charge in [-0.15, -0.1) is 11.6 Å². The summed E-state index contributed by atoms with van der Waals surface area (Å²) in [5.74, 6) is -0.554. The van der Waals surface area contributed by atoms with E-state index in [4.69, 9.17) is 11.6 Å². The molecule has 0 radical (unpaired) electrons. The molecule has 0 aliphatic heterocycles. The zero-order valence-corrected chi connectivity index (χ0v) is 7.31. The van der Waals surface area contributed by atoms with Gasteiger partial charge in [0.1, 0.15) is 11.2 Å². The van der Waals surface area contributed by atoms with E-state index in [1.807, 2.05) is 0 Å². The lowest BCUT2D eigenvalue weighted by atomic mass is 10.1. The fourth-order valence-electron chi connectivity index (χ4n) is 0.899. The van der Waals surface area contributed by atoms with Gasteiger partial charge in [0.2, 0.25) is 0 Å². The van der Waals surface area contributed by atoms with Crippen LogP contribution in [0.2, 0.25) is 0 Å². The maximum Gasteiger partial charge on any atom is 0.152 e. The second-order valence-corrected chi connectivity index (χ2v) is 2.96. The maximum absolute atomic E-state index is 12.6. The Morgan fingerprint density at radius 1 is 1.58 bits per heavy atom. The molecule has 0 amide bonds. The molecule has 0 bridgehead atoms. The number of benzene rings is 1. The SMILES string of the molecule is CC(=O)C(Cl)c1cccc(F)c1. The summed E-state index contributed by atoms with van der Waals surface area (Å²) in [6.07, 6.45) is 0. The van der Waals surface area contributed by atoms with Crippen molar-refractivity contribution in [2.75, 3.05) is 0 Å². The Morgan fingerprint density at radius 3 is 2.75 bits per heavy atom. The third kappa shape index (κ3) is 2.05. The number of hydrogen-bond donors (Lipinski definition) is 0. The van der Waals surface area contributed by atoms with Crippen LogP contribution in [0.4, 0.5) is 4.39 Å². The number of ketones is 1. The summed E-state index contributed by atoms with van der Waals surface area (Å²) in [7, 11) is 0. The van der Waals surface area contributed by atoms with Gasteiger partial charge in [-0.3, -0.25) is 4.79 Å². The van der Waals surface area contributed by atoms with Gasteiger partial charge in [0.25, 0.3) is 0 Å². The highest BCUT2D eigenvalue weighted by Crippen LogP contribution is 2.21. The minimum absolute atomic E-state index is 0.178. The number of rotatable bonds is 2. The lowest BCUT2D eigenvalue weighted by Crippen LogP contribution is -2.01. The van der Waals surface area contributed by atoms with Crippen LogP contribution in [0, 0.1) is 5.82 Å². The normalized spacial score (nSPS) is 12.6. The molecule has 0 heterocycles. The van der Waals surface area contributed by atoms with Crippen LogP contribution in [-0.4, -0.2) is 5.78 Å². The standard InChI is InChI=1S/C9H8ClFO/c1-6(12)9(10)7-3-2-4-8(11)5-7/h2-5,9H,1H3. The fraction of sp³-hybridized carbons (Fsp3) is 0.222. The summed E-state index contributed by atoms with van der Waals surface area (Å²) in [5.41, 5.74) is 0.504. The highest BCUT2D eigenvalue weighted by Gasteiger charge is 2.12. The van der Waals surface area contributed by atoms with Crippen molar-refractivity contribution in [2.24, 2.45) is 0 Å². The Kier molecular flexibility index (Phi) is 2.82. The molecule has 0 fully saturated rings. The van der Waals surface area contributed by atoms with E-state index in [0.717, 1.165) is 0 Å². The minimum Gasteiger partial charge on any atom is -0.298 e. The molecule has 1 rings (SSSR count). The van der Waals surface area contributed by atoms with E-state index in [9.17, 15) is 9.18 Å². The average Bonchev–Trinajstić information content (AvgIpc) is 2.03. The lowest BCUT2D eigenvalue weighted by molar-refractivity contribution is -0.116. The average molecular weight is 187 g/mol. The van der Waals surface area contributed by atoms with Crippen LogP contribution in [0.3, 0.4) is 0 Å². The van der Waals surface area contributed by atoms with Crippen LogP contribution < -0.4 is 0 Å². The van der Waals surface area contributed by atoms with Gasteiger partial charge in [-0.2, -0.15) is 0 Å². The molecule has 1 unspecified atom stereocenters. The number of halogens is 2. The fourth-order valence-corrected chi connectivity index (χ4v) is 1.03. The van der Waals surface area contributed by atoms with Crippen molar-refractivity contribution >= 4 is 17.4 Å². The second-order valence-electron chi connectivity index (χ2n) is 2.53. The molecule has 0 aliphatic rings. The second kappa shape index (κ2) is 3.68. The van der Waals surface area contributed by atoms with Crippen LogP contribution in [0.25, 0.3) is 0 Å². The molecular formula is C9H8ClFO. The van der Waals surface area contributed by atoms with E-state index < -0.39 is 5.38 Å². The molecule has 3 heteroatoms. The van der Waals surface area contributed by atoms with E-state index in [2.05, 4.69) is 0 Å². The van der Waals surface area contributed by atoms with Crippen molar-refractivity contribution < 1.29 is 9.18 Å². The summed E-state index contributed by atoms with van der Waals surface area (Å²) in [6, 6.07) is 5.73. The Labute approximate surface area is 75.2 Å². The Morgan fingerprint density at radius 2 is 2.25 bits per heavy atom. The van der Waals surface area contributed by atoms with Crippen molar-refractivity contribution in [3.63, 3.8) is 0 Å². The van der Waals surface area contributed by atoms with Gasteiger partial charge in [-0.05, 0) is 24.6 Å². The van der Waals surface area contributed by atoms with Gasteiger partial charge < -0.3 is 0 Å². The van der Waals surface area contributed by atoms with Crippen molar-refractivity contribution in [1.29, 1.82) is 0 Å². The number of Topliss-reactive ketones (excluding diaryl/α,β-unsaturated/α-hetero) is 1. The highest BCUT2D eigenvalue weighted by molar-refractivity contribution is 6.30. The first kappa shape index (κ1) is 9.20. The predicted molar refractivity (Wildman–Crippen MR) is 45.7 cm³/mol. The van der Waals surface area contributed by atoms with Gasteiger partial charge in [-0.1, -0.05) is 12.1 Å². The van der Waals surface area contributed by atoms with Gasteiger partial charge >= 0.3 is 0 Å². The first-order valence-corrected chi connectivity index (χ1v) is 3.95. The molecule has 1 aromatic carbocycles. The number of carbonyl (C=O) groups excluding carboxylic acids is 1. The molecule has 1 nitrogen and oxygen atoms in total. The van der Waals surface area contributed by atoms with Crippen LogP contribution in [-0.2, 0) is 4.79 Å². The Hall–Kier alpha value is -0.890. The van der Waals surface area contributed by atoms with E-state index >= 15 is 0 Å². The molecule has 1 atom stereocenters.